The Hall–Kier alpha value is -1.32. The molecule has 0 amide bonds. The van der Waals surface area contributed by atoms with Gasteiger partial charge in [-0.1, -0.05) is 20.3 Å². The number of aliphatic hydroxyl groups excluding tert-OH is 1. The van der Waals surface area contributed by atoms with Crippen molar-refractivity contribution in [3.63, 3.8) is 0 Å². The fourth-order valence-electron chi connectivity index (χ4n) is 6.00. The van der Waals surface area contributed by atoms with Crippen LogP contribution in [0.4, 0.5) is 0 Å². The minimum absolute atomic E-state index is 0.0994. The van der Waals surface area contributed by atoms with E-state index in [1.165, 1.54) is 0 Å². The molecule has 4 heteroatoms. The monoisotopic (exact) mass is 306 g/mol. The average Bonchev–Trinajstić information content (AvgIpc) is 2.43. The lowest BCUT2D eigenvalue weighted by Gasteiger charge is -2.62. The molecule has 0 aliphatic heterocycles. The maximum atomic E-state index is 12.6. The number of fused-ring (bicyclic) bond motifs is 3. The Kier molecular flexibility index (Phi) is 3.25. The van der Waals surface area contributed by atoms with Crippen LogP contribution in [0, 0.1) is 28.1 Å². The van der Waals surface area contributed by atoms with Gasteiger partial charge in [-0.05, 0) is 62.4 Å². The van der Waals surface area contributed by atoms with E-state index in [4.69, 9.17) is 0 Å². The Morgan fingerprint density at radius 2 is 1.86 bits per heavy atom. The van der Waals surface area contributed by atoms with Gasteiger partial charge in [0.1, 0.15) is 0 Å². The number of hydrogen-bond donors (Lipinski definition) is 2. The van der Waals surface area contributed by atoms with Gasteiger partial charge >= 0.3 is 5.97 Å². The first-order chi connectivity index (χ1) is 10.2. The second-order valence-corrected chi connectivity index (χ2v) is 8.30. The number of carboxylic acids is 1. The third-order valence-electron chi connectivity index (χ3n) is 7.28. The molecule has 0 aromatic heterocycles. The molecule has 2 N–H and O–H groups in total. The van der Waals surface area contributed by atoms with Crippen molar-refractivity contribution in [2.75, 3.05) is 0 Å². The number of aliphatic carboxylic acids is 1. The Balaban J connectivity index is 2.07. The van der Waals surface area contributed by atoms with Crippen LogP contribution in [-0.2, 0) is 9.59 Å². The fraction of sp³-hybridized carbons (Fsp3) is 0.778. The van der Waals surface area contributed by atoms with E-state index in [0.29, 0.717) is 12.8 Å². The quantitative estimate of drug-likeness (QED) is 0.774. The molecule has 122 valence electrons. The number of carbonyl (C=O) groups is 2. The summed E-state index contributed by atoms with van der Waals surface area (Å²) >= 11 is 0. The highest BCUT2D eigenvalue weighted by Gasteiger charge is 2.63. The molecule has 0 bridgehead atoms. The van der Waals surface area contributed by atoms with E-state index >= 15 is 0 Å². The second kappa shape index (κ2) is 4.59. The van der Waals surface area contributed by atoms with Gasteiger partial charge in [0.2, 0.25) is 5.78 Å². The smallest absolute Gasteiger partial charge is 0.309 e. The molecule has 0 radical (unpaired) electrons. The minimum atomic E-state index is -0.701. The first kappa shape index (κ1) is 15.6. The predicted octanol–water partition coefficient (Wildman–Crippen LogP) is 3.71. The average molecular weight is 306 g/mol. The van der Waals surface area contributed by atoms with Crippen molar-refractivity contribution >= 4 is 11.8 Å². The molecule has 0 aromatic rings. The first-order valence-corrected chi connectivity index (χ1v) is 8.33. The molecular weight excluding hydrogens is 280 g/mol. The zero-order valence-corrected chi connectivity index (χ0v) is 13.7. The molecule has 0 heterocycles. The summed E-state index contributed by atoms with van der Waals surface area (Å²) < 4.78 is 0. The van der Waals surface area contributed by atoms with Crippen molar-refractivity contribution in [2.45, 2.75) is 59.3 Å². The highest BCUT2D eigenvalue weighted by molar-refractivity contribution is 5.98. The summed E-state index contributed by atoms with van der Waals surface area (Å²) in [5.41, 5.74) is -1.38. The SMILES string of the molecule is CC1(C(=O)O)CCCC2(C)C1CCC1(C)C(=O)C(O)=CCC12. The Labute approximate surface area is 131 Å². The van der Waals surface area contributed by atoms with Gasteiger partial charge in [0.25, 0.3) is 0 Å². The van der Waals surface area contributed by atoms with Gasteiger partial charge in [0.15, 0.2) is 5.76 Å². The van der Waals surface area contributed by atoms with Gasteiger partial charge in [-0.2, -0.15) is 0 Å². The number of Topliss-reactive ketones (excluding diaryl/α,β-unsaturated/α-hetero) is 1. The molecule has 5 unspecified atom stereocenters. The third kappa shape index (κ3) is 1.76. The van der Waals surface area contributed by atoms with E-state index in [-0.39, 0.29) is 28.8 Å². The topological polar surface area (TPSA) is 74.6 Å². The molecule has 22 heavy (non-hydrogen) atoms. The lowest BCUT2D eigenvalue weighted by molar-refractivity contribution is -0.179. The van der Waals surface area contributed by atoms with Gasteiger partial charge in [0.05, 0.1) is 5.41 Å². The first-order valence-electron chi connectivity index (χ1n) is 8.33. The van der Waals surface area contributed by atoms with Crippen molar-refractivity contribution < 1.29 is 19.8 Å². The van der Waals surface area contributed by atoms with E-state index in [0.717, 1.165) is 25.7 Å². The molecule has 2 fully saturated rings. The van der Waals surface area contributed by atoms with Crippen LogP contribution in [0.15, 0.2) is 11.8 Å². The summed E-state index contributed by atoms with van der Waals surface area (Å²) in [4.78, 5) is 24.5. The molecule has 0 spiro atoms. The lowest BCUT2D eigenvalue weighted by atomic mass is 9.41. The van der Waals surface area contributed by atoms with Gasteiger partial charge < -0.3 is 10.2 Å². The third-order valence-corrected chi connectivity index (χ3v) is 7.28. The van der Waals surface area contributed by atoms with E-state index in [2.05, 4.69) is 6.92 Å². The largest absolute Gasteiger partial charge is 0.505 e. The molecule has 3 rings (SSSR count). The number of carboxylic acid groups (broad SMARTS) is 1. The van der Waals surface area contributed by atoms with Gasteiger partial charge in [-0.3, -0.25) is 9.59 Å². The van der Waals surface area contributed by atoms with Crippen LogP contribution in [0.1, 0.15) is 59.3 Å². The number of ketones is 1. The zero-order chi connectivity index (χ0) is 16.3. The number of rotatable bonds is 1. The Morgan fingerprint density at radius 3 is 2.50 bits per heavy atom. The zero-order valence-electron chi connectivity index (χ0n) is 13.7. The molecule has 4 nitrogen and oxygen atoms in total. The summed E-state index contributed by atoms with van der Waals surface area (Å²) in [5, 5.41) is 19.7. The normalized spacial score (nSPS) is 48.1. The summed E-state index contributed by atoms with van der Waals surface area (Å²) in [6, 6.07) is 0. The fourth-order valence-corrected chi connectivity index (χ4v) is 6.00. The highest BCUT2D eigenvalue weighted by atomic mass is 16.4. The van der Waals surface area contributed by atoms with Crippen LogP contribution < -0.4 is 0 Å². The second-order valence-electron chi connectivity index (χ2n) is 8.30. The number of allylic oxidation sites excluding steroid dienone is 2. The summed E-state index contributed by atoms with van der Waals surface area (Å²) in [6.45, 7) is 6.04. The van der Waals surface area contributed by atoms with Crippen LogP contribution in [0.2, 0.25) is 0 Å². The van der Waals surface area contributed by atoms with E-state index < -0.39 is 16.8 Å². The molecule has 3 aliphatic carbocycles. The molecule has 5 atom stereocenters. The summed E-state index contributed by atoms with van der Waals surface area (Å²) in [5.74, 6) is -0.719. The van der Waals surface area contributed by atoms with Crippen molar-refractivity contribution in [1.82, 2.24) is 0 Å². The van der Waals surface area contributed by atoms with Crippen LogP contribution in [0.25, 0.3) is 0 Å². The van der Waals surface area contributed by atoms with Crippen LogP contribution >= 0.6 is 0 Å². The Bertz CT molecular complexity index is 565. The van der Waals surface area contributed by atoms with Crippen molar-refractivity contribution in [3.05, 3.63) is 11.8 Å². The standard InChI is InChI=1S/C18H26O4/c1-16-8-4-9-18(3,15(21)22)13(16)7-10-17(2)12(16)6-5-11(19)14(17)20/h5,12-13,19H,4,6-10H2,1-3H3,(H,21,22). The minimum Gasteiger partial charge on any atom is -0.505 e. The van der Waals surface area contributed by atoms with Crippen LogP contribution in [0.5, 0.6) is 0 Å². The predicted molar refractivity (Wildman–Crippen MR) is 82.4 cm³/mol. The van der Waals surface area contributed by atoms with Gasteiger partial charge in [-0.25, -0.2) is 0 Å². The van der Waals surface area contributed by atoms with Crippen LogP contribution in [0.3, 0.4) is 0 Å². The molecule has 0 saturated heterocycles. The molecule has 2 saturated carbocycles. The van der Waals surface area contributed by atoms with E-state index in [9.17, 15) is 19.8 Å². The van der Waals surface area contributed by atoms with E-state index in [1.54, 1.807) is 6.08 Å². The molecular formula is C18H26O4. The maximum Gasteiger partial charge on any atom is 0.309 e. The molecule has 3 aliphatic rings. The molecule has 0 aromatic carbocycles. The number of hydrogen-bond acceptors (Lipinski definition) is 3. The van der Waals surface area contributed by atoms with Gasteiger partial charge in [-0.15, -0.1) is 0 Å². The van der Waals surface area contributed by atoms with Crippen LogP contribution in [-0.4, -0.2) is 22.0 Å². The van der Waals surface area contributed by atoms with Crippen molar-refractivity contribution in [1.29, 1.82) is 0 Å². The van der Waals surface area contributed by atoms with Crippen molar-refractivity contribution in [2.24, 2.45) is 28.1 Å². The van der Waals surface area contributed by atoms with Crippen molar-refractivity contribution in [3.8, 4) is 0 Å². The summed E-state index contributed by atoms with van der Waals surface area (Å²) in [6.07, 6.45) is 6.35. The lowest BCUT2D eigenvalue weighted by Crippen LogP contribution is -2.60. The Morgan fingerprint density at radius 1 is 1.18 bits per heavy atom. The highest BCUT2D eigenvalue weighted by Crippen LogP contribution is 2.66. The maximum absolute atomic E-state index is 12.6. The van der Waals surface area contributed by atoms with E-state index in [1.807, 2.05) is 13.8 Å². The summed E-state index contributed by atoms with van der Waals surface area (Å²) in [7, 11) is 0. The number of aliphatic hydroxyl groups is 1. The number of carbonyl (C=O) groups excluding carboxylic acids is 1. The van der Waals surface area contributed by atoms with Gasteiger partial charge in [0, 0.05) is 5.41 Å².